The van der Waals surface area contributed by atoms with Gasteiger partial charge in [0.1, 0.15) is 11.5 Å². The van der Waals surface area contributed by atoms with E-state index in [1.54, 1.807) is 32.4 Å². The number of guanidine groups is 1. The van der Waals surface area contributed by atoms with Crippen LogP contribution >= 0.6 is 24.0 Å². The maximum atomic E-state index is 12.6. The number of aromatic hydroxyl groups is 1. The van der Waals surface area contributed by atoms with Crippen molar-refractivity contribution in [3.05, 3.63) is 23.8 Å². The van der Waals surface area contributed by atoms with E-state index in [2.05, 4.69) is 15.6 Å². The van der Waals surface area contributed by atoms with E-state index < -0.39 is 0 Å². The summed E-state index contributed by atoms with van der Waals surface area (Å²) in [6.45, 7) is 1.96. The van der Waals surface area contributed by atoms with Gasteiger partial charge in [0.15, 0.2) is 5.96 Å². The van der Waals surface area contributed by atoms with Gasteiger partial charge in [0.25, 0.3) is 0 Å². The van der Waals surface area contributed by atoms with Gasteiger partial charge in [-0.3, -0.25) is 9.79 Å². The van der Waals surface area contributed by atoms with E-state index in [4.69, 9.17) is 4.74 Å². The number of aliphatic imine (C=N–C) groups is 1. The first-order chi connectivity index (χ1) is 13.1. The molecule has 0 bridgehead atoms. The van der Waals surface area contributed by atoms with Crippen LogP contribution in [0, 0.1) is 5.92 Å². The summed E-state index contributed by atoms with van der Waals surface area (Å²) >= 11 is 0. The first kappa shape index (κ1) is 22.6. The molecule has 1 heterocycles. The number of likely N-dealkylation sites (tertiary alicyclic amines) is 1. The van der Waals surface area contributed by atoms with Crippen molar-refractivity contribution < 1.29 is 14.6 Å². The molecular formula is C20H31IN4O3. The molecule has 0 aromatic heterocycles. The van der Waals surface area contributed by atoms with Gasteiger partial charge in [0.05, 0.1) is 7.11 Å². The van der Waals surface area contributed by atoms with Crippen molar-refractivity contribution >= 4 is 35.8 Å². The van der Waals surface area contributed by atoms with E-state index >= 15 is 0 Å². The fraction of sp³-hybridized carbons (Fsp3) is 0.600. The van der Waals surface area contributed by atoms with Gasteiger partial charge >= 0.3 is 0 Å². The Balaban J connectivity index is 0.00000280. The van der Waals surface area contributed by atoms with Crippen molar-refractivity contribution in [2.45, 2.75) is 44.7 Å². The summed E-state index contributed by atoms with van der Waals surface area (Å²) in [5, 5.41) is 16.6. The van der Waals surface area contributed by atoms with Crippen LogP contribution in [-0.2, 0) is 11.3 Å². The number of methoxy groups -OCH3 is 1. The highest BCUT2D eigenvalue weighted by atomic mass is 127. The van der Waals surface area contributed by atoms with E-state index in [-0.39, 0.29) is 41.7 Å². The standard InChI is InChI=1S/C20H30N4O3.HI/c1-21-20(22-12-15-11-17(27-2)7-8-18(15)25)23-16-9-10-24(13-16)19(26)14-5-3-4-6-14;/h7-8,11,14,16,25H,3-6,9-10,12-13H2,1-2H3,(H2,21,22,23);1H. The second-order valence-electron chi connectivity index (χ2n) is 7.32. The number of halogens is 1. The lowest BCUT2D eigenvalue weighted by Crippen LogP contribution is -2.45. The second-order valence-corrected chi connectivity index (χ2v) is 7.32. The summed E-state index contributed by atoms with van der Waals surface area (Å²) < 4.78 is 5.20. The predicted molar refractivity (Wildman–Crippen MR) is 120 cm³/mol. The second kappa shape index (κ2) is 10.7. The molecule has 0 radical (unpaired) electrons. The number of nitrogens with zero attached hydrogens (tertiary/aromatic N) is 2. The Morgan fingerprint density at radius 2 is 2.07 bits per heavy atom. The number of carbonyl (C=O) groups is 1. The number of phenols is 1. The van der Waals surface area contributed by atoms with Gasteiger partial charge in [-0.05, 0) is 37.5 Å². The van der Waals surface area contributed by atoms with Crippen molar-refractivity contribution in [1.29, 1.82) is 0 Å². The minimum atomic E-state index is 0. The minimum absolute atomic E-state index is 0. The van der Waals surface area contributed by atoms with E-state index in [0.717, 1.165) is 37.9 Å². The summed E-state index contributed by atoms with van der Waals surface area (Å²) in [7, 11) is 3.32. The van der Waals surface area contributed by atoms with E-state index in [1.807, 2.05) is 4.90 Å². The topological polar surface area (TPSA) is 86.2 Å². The molecule has 1 saturated carbocycles. The molecule has 1 unspecified atom stereocenters. The number of phenolic OH excluding ortho intramolecular Hbond substituents is 1. The van der Waals surface area contributed by atoms with Crippen LogP contribution in [0.3, 0.4) is 0 Å². The molecule has 3 N–H and O–H groups in total. The van der Waals surface area contributed by atoms with Crippen LogP contribution in [0.2, 0.25) is 0 Å². The van der Waals surface area contributed by atoms with Crippen LogP contribution < -0.4 is 15.4 Å². The van der Waals surface area contributed by atoms with E-state index in [9.17, 15) is 9.90 Å². The van der Waals surface area contributed by atoms with Crippen LogP contribution in [0.25, 0.3) is 0 Å². The predicted octanol–water partition coefficient (Wildman–Crippen LogP) is 2.47. The average molecular weight is 502 g/mol. The molecule has 1 aromatic carbocycles. The third-order valence-corrected chi connectivity index (χ3v) is 5.50. The summed E-state index contributed by atoms with van der Waals surface area (Å²) in [6.07, 6.45) is 5.37. The third kappa shape index (κ3) is 5.65. The Morgan fingerprint density at radius 3 is 2.75 bits per heavy atom. The van der Waals surface area contributed by atoms with Gasteiger partial charge in [0, 0.05) is 44.2 Å². The number of hydrogen-bond acceptors (Lipinski definition) is 4. The minimum Gasteiger partial charge on any atom is -0.508 e. The van der Waals surface area contributed by atoms with Crippen molar-refractivity contribution in [1.82, 2.24) is 15.5 Å². The van der Waals surface area contributed by atoms with Crippen molar-refractivity contribution in [2.24, 2.45) is 10.9 Å². The van der Waals surface area contributed by atoms with Gasteiger partial charge in [-0.2, -0.15) is 0 Å². The number of ether oxygens (including phenoxy) is 1. The molecule has 1 aliphatic carbocycles. The van der Waals surface area contributed by atoms with Gasteiger partial charge in [-0.25, -0.2) is 0 Å². The molecule has 8 heteroatoms. The number of carbonyl (C=O) groups excluding carboxylic acids is 1. The lowest BCUT2D eigenvalue weighted by Gasteiger charge is -2.21. The zero-order chi connectivity index (χ0) is 19.2. The monoisotopic (exact) mass is 502 g/mol. The number of nitrogens with one attached hydrogen (secondary N) is 2. The third-order valence-electron chi connectivity index (χ3n) is 5.50. The lowest BCUT2D eigenvalue weighted by atomic mass is 10.1. The zero-order valence-corrected chi connectivity index (χ0v) is 18.9. The Labute approximate surface area is 183 Å². The quantitative estimate of drug-likeness (QED) is 0.327. The lowest BCUT2D eigenvalue weighted by molar-refractivity contribution is -0.134. The van der Waals surface area contributed by atoms with Crippen LogP contribution in [0.1, 0.15) is 37.7 Å². The van der Waals surface area contributed by atoms with Crippen molar-refractivity contribution in [3.63, 3.8) is 0 Å². The van der Waals surface area contributed by atoms with Gasteiger partial charge in [-0.1, -0.05) is 12.8 Å². The van der Waals surface area contributed by atoms with Crippen LogP contribution in [-0.4, -0.2) is 55.2 Å². The molecule has 28 heavy (non-hydrogen) atoms. The summed E-state index contributed by atoms with van der Waals surface area (Å²) in [6, 6.07) is 5.34. The first-order valence-electron chi connectivity index (χ1n) is 9.72. The average Bonchev–Trinajstić information content (AvgIpc) is 3.37. The highest BCUT2D eigenvalue weighted by Crippen LogP contribution is 2.28. The molecule has 1 aliphatic heterocycles. The number of rotatable bonds is 5. The molecule has 1 aromatic rings. The molecule has 1 saturated heterocycles. The molecule has 2 aliphatic rings. The van der Waals surface area contributed by atoms with E-state index in [1.165, 1.54) is 12.8 Å². The summed E-state index contributed by atoms with van der Waals surface area (Å²) in [5.74, 6) is 2.13. The van der Waals surface area contributed by atoms with Crippen LogP contribution in [0.15, 0.2) is 23.2 Å². The Kier molecular flexibility index (Phi) is 8.65. The largest absolute Gasteiger partial charge is 0.508 e. The molecule has 7 nitrogen and oxygen atoms in total. The fourth-order valence-corrected chi connectivity index (χ4v) is 3.91. The van der Waals surface area contributed by atoms with Gasteiger partial charge < -0.3 is 25.4 Å². The highest BCUT2D eigenvalue weighted by molar-refractivity contribution is 14.0. The Hall–Kier alpha value is -1.71. The number of benzene rings is 1. The fourth-order valence-electron chi connectivity index (χ4n) is 3.91. The van der Waals surface area contributed by atoms with Gasteiger partial charge in [0.2, 0.25) is 5.91 Å². The van der Waals surface area contributed by atoms with E-state index in [0.29, 0.717) is 24.2 Å². The van der Waals surface area contributed by atoms with Crippen molar-refractivity contribution in [2.75, 3.05) is 27.2 Å². The zero-order valence-electron chi connectivity index (χ0n) is 16.6. The SMILES string of the molecule is CN=C(NCc1cc(OC)ccc1O)NC1CCN(C(=O)C2CCCC2)C1.I. The maximum absolute atomic E-state index is 12.6. The molecule has 3 rings (SSSR count). The summed E-state index contributed by atoms with van der Waals surface area (Å²) in [4.78, 5) is 18.8. The first-order valence-corrected chi connectivity index (χ1v) is 9.72. The van der Waals surface area contributed by atoms with Crippen LogP contribution in [0.5, 0.6) is 11.5 Å². The number of amides is 1. The van der Waals surface area contributed by atoms with Gasteiger partial charge in [-0.15, -0.1) is 24.0 Å². The molecule has 1 amide bonds. The molecule has 1 atom stereocenters. The Morgan fingerprint density at radius 1 is 1.32 bits per heavy atom. The smallest absolute Gasteiger partial charge is 0.225 e. The normalized spacial score (nSPS) is 20.0. The highest BCUT2D eigenvalue weighted by Gasteiger charge is 2.32. The molecule has 2 fully saturated rings. The molecular weight excluding hydrogens is 471 g/mol. The maximum Gasteiger partial charge on any atom is 0.225 e. The number of hydrogen-bond donors (Lipinski definition) is 3. The van der Waals surface area contributed by atoms with Crippen LogP contribution in [0.4, 0.5) is 0 Å². The molecule has 156 valence electrons. The Bertz CT molecular complexity index is 692. The summed E-state index contributed by atoms with van der Waals surface area (Å²) in [5.41, 5.74) is 0.738. The van der Waals surface area contributed by atoms with Crippen molar-refractivity contribution in [3.8, 4) is 11.5 Å². The molecule has 0 spiro atoms.